The smallest absolute Gasteiger partial charge is 0.252 e. The van der Waals surface area contributed by atoms with Crippen molar-refractivity contribution in [1.82, 2.24) is 20.5 Å². The van der Waals surface area contributed by atoms with Crippen LogP contribution in [0, 0.1) is 0 Å². The van der Waals surface area contributed by atoms with E-state index in [4.69, 9.17) is 0 Å². The van der Waals surface area contributed by atoms with Crippen molar-refractivity contribution in [3.8, 4) is 0 Å². The first-order valence-electron chi connectivity index (χ1n) is 12.1. The highest BCUT2D eigenvalue weighted by molar-refractivity contribution is 7.99. The first-order chi connectivity index (χ1) is 18.6. The summed E-state index contributed by atoms with van der Waals surface area (Å²) in [6.45, 7) is -0.398. The van der Waals surface area contributed by atoms with Gasteiger partial charge in [-0.15, -0.1) is 0 Å². The molecule has 0 aliphatic rings. The van der Waals surface area contributed by atoms with Crippen LogP contribution in [0.15, 0.2) is 107 Å². The zero-order valence-corrected chi connectivity index (χ0v) is 21.2. The second kappa shape index (κ2) is 11.9. The molecule has 1 amide bonds. The Balaban J connectivity index is 1.33. The number of aliphatic hydroxyl groups excluding tert-OH is 2. The Bertz CT molecular complexity index is 1550. The standard InChI is InChI=1S/C30H26N4O3S/c35-19-27(29(36)20-8-2-1-3-9-20)32-30(37)24-11-4-5-12-28(24)38-22-14-15-23-25(33-34-26(23)18-22)16-13-21-10-6-7-17-31-21/h1-18,27,29,35-36H,19H2,(H,32,37)(H,33,34)/b16-13+/t27-,29-/m1/s1. The van der Waals surface area contributed by atoms with Crippen LogP contribution < -0.4 is 5.32 Å². The summed E-state index contributed by atoms with van der Waals surface area (Å²) in [6.07, 6.45) is 4.56. The molecule has 5 aromatic rings. The molecule has 0 saturated carbocycles. The number of fused-ring (bicyclic) bond motifs is 1. The van der Waals surface area contributed by atoms with Gasteiger partial charge in [-0.1, -0.05) is 60.3 Å². The number of carbonyl (C=O) groups is 1. The molecule has 4 N–H and O–H groups in total. The van der Waals surface area contributed by atoms with Crippen molar-refractivity contribution in [2.75, 3.05) is 6.61 Å². The zero-order valence-electron chi connectivity index (χ0n) is 20.4. The number of aliphatic hydroxyl groups is 2. The third kappa shape index (κ3) is 5.84. The van der Waals surface area contributed by atoms with Crippen molar-refractivity contribution < 1.29 is 15.0 Å². The van der Waals surface area contributed by atoms with E-state index in [1.165, 1.54) is 11.8 Å². The van der Waals surface area contributed by atoms with Crippen molar-refractivity contribution in [1.29, 1.82) is 0 Å². The van der Waals surface area contributed by atoms with Crippen LogP contribution in [-0.4, -0.2) is 44.0 Å². The maximum Gasteiger partial charge on any atom is 0.252 e. The molecule has 0 bridgehead atoms. The number of aromatic amines is 1. The van der Waals surface area contributed by atoms with E-state index in [-0.39, 0.29) is 5.91 Å². The molecular weight excluding hydrogens is 496 g/mol. The fourth-order valence-electron chi connectivity index (χ4n) is 4.07. The highest BCUT2D eigenvalue weighted by atomic mass is 32.2. The Morgan fingerprint density at radius 1 is 0.974 bits per heavy atom. The molecule has 2 atom stereocenters. The summed E-state index contributed by atoms with van der Waals surface area (Å²) < 4.78 is 0. The molecular formula is C30H26N4O3S. The third-order valence-electron chi connectivity index (χ3n) is 6.06. The molecule has 0 unspecified atom stereocenters. The Morgan fingerprint density at radius 3 is 2.55 bits per heavy atom. The molecule has 2 heterocycles. The first-order valence-corrected chi connectivity index (χ1v) is 12.9. The molecule has 0 radical (unpaired) electrons. The van der Waals surface area contributed by atoms with Gasteiger partial charge in [-0.05, 0) is 60.2 Å². The highest BCUT2D eigenvalue weighted by Crippen LogP contribution is 2.33. The number of hydrogen-bond acceptors (Lipinski definition) is 6. The molecule has 0 fully saturated rings. The summed E-state index contributed by atoms with van der Waals surface area (Å²) in [7, 11) is 0. The Hall–Kier alpha value is -4.24. The molecule has 8 heteroatoms. The van der Waals surface area contributed by atoms with Gasteiger partial charge in [0.05, 0.1) is 35.1 Å². The molecule has 0 spiro atoms. The van der Waals surface area contributed by atoms with E-state index < -0.39 is 18.8 Å². The van der Waals surface area contributed by atoms with Gasteiger partial charge in [0, 0.05) is 21.4 Å². The minimum atomic E-state index is -1.03. The number of rotatable bonds is 9. The van der Waals surface area contributed by atoms with E-state index in [0.29, 0.717) is 11.1 Å². The number of H-pyrrole nitrogens is 1. The Labute approximate surface area is 224 Å². The summed E-state index contributed by atoms with van der Waals surface area (Å²) in [5.41, 5.74) is 3.62. The van der Waals surface area contributed by atoms with Gasteiger partial charge >= 0.3 is 0 Å². The number of carbonyl (C=O) groups excluding carboxylic acids is 1. The van der Waals surface area contributed by atoms with Crippen LogP contribution in [0.4, 0.5) is 0 Å². The van der Waals surface area contributed by atoms with Crippen LogP contribution in [0.5, 0.6) is 0 Å². The predicted octanol–water partition coefficient (Wildman–Crippen LogP) is 5.10. The van der Waals surface area contributed by atoms with Crippen molar-refractivity contribution in [3.05, 3.63) is 120 Å². The summed E-state index contributed by atoms with van der Waals surface area (Å²) >= 11 is 1.45. The van der Waals surface area contributed by atoms with Crippen LogP contribution >= 0.6 is 11.8 Å². The maximum atomic E-state index is 13.2. The number of amides is 1. The molecule has 2 aromatic heterocycles. The first kappa shape index (κ1) is 25.4. The van der Waals surface area contributed by atoms with Gasteiger partial charge in [-0.3, -0.25) is 14.9 Å². The van der Waals surface area contributed by atoms with Gasteiger partial charge in [-0.2, -0.15) is 5.10 Å². The molecule has 3 aromatic carbocycles. The molecule has 0 aliphatic heterocycles. The lowest BCUT2D eigenvalue weighted by molar-refractivity contribution is 0.0701. The van der Waals surface area contributed by atoms with Crippen LogP contribution in [0.3, 0.4) is 0 Å². The summed E-state index contributed by atoms with van der Waals surface area (Å²) in [4.78, 5) is 19.2. The van der Waals surface area contributed by atoms with Crippen LogP contribution in [0.2, 0.25) is 0 Å². The number of pyridine rings is 1. The number of nitrogens with one attached hydrogen (secondary N) is 2. The third-order valence-corrected chi connectivity index (χ3v) is 7.12. The molecule has 38 heavy (non-hydrogen) atoms. The van der Waals surface area contributed by atoms with Crippen molar-refractivity contribution in [2.45, 2.75) is 21.9 Å². The average Bonchev–Trinajstić information content (AvgIpc) is 3.37. The van der Waals surface area contributed by atoms with E-state index in [9.17, 15) is 15.0 Å². The number of hydrogen-bond donors (Lipinski definition) is 4. The molecule has 5 rings (SSSR count). The summed E-state index contributed by atoms with van der Waals surface area (Å²) in [5, 5.41) is 31.8. The van der Waals surface area contributed by atoms with Crippen LogP contribution in [0.1, 0.15) is 33.4 Å². The molecule has 190 valence electrons. The van der Waals surface area contributed by atoms with Gasteiger partial charge in [0.1, 0.15) is 6.10 Å². The lowest BCUT2D eigenvalue weighted by Gasteiger charge is -2.23. The minimum Gasteiger partial charge on any atom is -0.394 e. The Morgan fingerprint density at radius 2 is 1.76 bits per heavy atom. The summed E-state index contributed by atoms with van der Waals surface area (Å²) in [5.74, 6) is -0.369. The van der Waals surface area contributed by atoms with E-state index in [2.05, 4.69) is 20.5 Å². The van der Waals surface area contributed by atoms with E-state index in [1.807, 2.05) is 66.7 Å². The van der Waals surface area contributed by atoms with Crippen LogP contribution in [-0.2, 0) is 0 Å². The number of nitrogens with zero attached hydrogens (tertiary/aromatic N) is 2. The number of aromatic nitrogens is 3. The maximum absolute atomic E-state index is 13.2. The molecule has 7 nitrogen and oxygen atoms in total. The van der Waals surface area contributed by atoms with Gasteiger partial charge < -0.3 is 15.5 Å². The average molecular weight is 523 g/mol. The van der Waals surface area contributed by atoms with Gasteiger partial charge in [0.25, 0.3) is 5.91 Å². The zero-order chi connectivity index (χ0) is 26.3. The van der Waals surface area contributed by atoms with E-state index >= 15 is 0 Å². The Kier molecular flexibility index (Phi) is 7.94. The second-order valence-electron chi connectivity index (χ2n) is 8.62. The molecule has 0 aliphatic carbocycles. The topological polar surface area (TPSA) is 111 Å². The van der Waals surface area contributed by atoms with E-state index in [1.54, 1.807) is 42.6 Å². The van der Waals surface area contributed by atoms with E-state index in [0.717, 1.165) is 32.1 Å². The normalized spacial score (nSPS) is 13.0. The monoisotopic (exact) mass is 522 g/mol. The van der Waals surface area contributed by atoms with Crippen molar-refractivity contribution in [3.63, 3.8) is 0 Å². The minimum absolute atomic E-state index is 0.369. The fourth-order valence-corrected chi connectivity index (χ4v) is 5.06. The fraction of sp³-hybridized carbons (Fsp3) is 0.100. The lowest BCUT2D eigenvalue weighted by Crippen LogP contribution is -2.42. The van der Waals surface area contributed by atoms with Crippen molar-refractivity contribution >= 4 is 40.7 Å². The number of benzene rings is 3. The predicted molar refractivity (Wildman–Crippen MR) is 150 cm³/mol. The quantitative estimate of drug-likeness (QED) is 0.214. The summed E-state index contributed by atoms with van der Waals surface area (Å²) in [6, 6.07) is 27.1. The molecule has 0 saturated heterocycles. The lowest BCUT2D eigenvalue weighted by atomic mass is 10.0. The second-order valence-corrected chi connectivity index (χ2v) is 9.74. The van der Waals surface area contributed by atoms with Crippen molar-refractivity contribution in [2.24, 2.45) is 0 Å². The SMILES string of the molecule is O=C(N[C@H](CO)[C@H](O)c1ccccc1)c1ccccc1Sc1ccc2c(/C=C/c3ccccn3)n[nH]c2c1. The van der Waals surface area contributed by atoms with Gasteiger partial charge in [0.2, 0.25) is 0 Å². The van der Waals surface area contributed by atoms with Crippen LogP contribution in [0.25, 0.3) is 23.1 Å². The van der Waals surface area contributed by atoms with Gasteiger partial charge in [-0.25, -0.2) is 0 Å². The largest absolute Gasteiger partial charge is 0.394 e. The highest BCUT2D eigenvalue weighted by Gasteiger charge is 2.24. The van der Waals surface area contributed by atoms with Gasteiger partial charge in [0.15, 0.2) is 0 Å².